The highest BCUT2D eigenvalue weighted by Crippen LogP contribution is 2.19. The van der Waals surface area contributed by atoms with Crippen molar-refractivity contribution in [2.75, 3.05) is 5.32 Å². The minimum Gasteiger partial charge on any atom is -0.310 e. The molecule has 0 unspecified atom stereocenters. The Hall–Kier alpha value is -1.98. The predicted octanol–water partition coefficient (Wildman–Crippen LogP) is 2.67. The minimum atomic E-state index is -0.491. The maximum Gasteiger partial charge on any atom is 0.290 e. The van der Waals surface area contributed by atoms with Crippen LogP contribution in [0.2, 0.25) is 0 Å². The molecule has 0 saturated heterocycles. The third-order valence-electron chi connectivity index (χ3n) is 2.89. The maximum atomic E-state index is 11.8. The minimum absolute atomic E-state index is 0.0458. The number of nitro groups is 1. The molecule has 98 valence electrons. The van der Waals surface area contributed by atoms with Crippen molar-refractivity contribution in [1.29, 1.82) is 0 Å². The summed E-state index contributed by atoms with van der Waals surface area (Å²) in [5.41, 5.74) is 0.436. The Morgan fingerprint density at radius 2 is 2.11 bits per heavy atom. The summed E-state index contributed by atoms with van der Waals surface area (Å²) in [6.45, 7) is 5.51. The molecular formula is C12H17N3O3. The molecule has 0 aromatic carbocycles. The third kappa shape index (κ3) is 3.26. The van der Waals surface area contributed by atoms with E-state index in [1.165, 1.54) is 6.07 Å². The van der Waals surface area contributed by atoms with E-state index in [2.05, 4.69) is 10.3 Å². The number of amides is 1. The number of rotatable bonds is 5. The molecule has 18 heavy (non-hydrogen) atoms. The van der Waals surface area contributed by atoms with E-state index in [0.29, 0.717) is 11.4 Å². The zero-order valence-electron chi connectivity index (χ0n) is 10.8. The molecule has 0 aliphatic rings. The molecule has 1 aromatic heterocycles. The van der Waals surface area contributed by atoms with Gasteiger partial charge in [-0.3, -0.25) is 14.9 Å². The van der Waals surface area contributed by atoms with Crippen molar-refractivity contribution in [1.82, 2.24) is 4.98 Å². The van der Waals surface area contributed by atoms with E-state index in [4.69, 9.17) is 0 Å². The number of aromatic nitrogens is 1. The SMILES string of the molecule is CCC(CC)C(=O)Nc1cc(C)c([N+](=O)[O-])cn1. The number of hydrogen-bond acceptors (Lipinski definition) is 4. The van der Waals surface area contributed by atoms with Crippen LogP contribution in [0.4, 0.5) is 11.5 Å². The molecule has 0 spiro atoms. The lowest BCUT2D eigenvalue weighted by molar-refractivity contribution is -0.385. The molecule has 1 heterocycles. The second-order valence-corrected chi connectivity index (χ2v) is 4.12. The Kier molecular flexibility index (Phi) is 4.76. The Morgan fingerprint density at radius 3 is 2.56 bits per heavy atom. The van der Waals surface area contributed by atoms with Crippen LogP contribution in [0.5, 0.6) is 0 Å². The molecule has 1 N–H and O–H groups in total. The number of carbonyl (C=O) groups is 1. The van der Waals surface area contributed by atoms with Gasteiger partial charge in [-0.15, -0.1) is 0 Å². The van der Waals surface area contributed by atoms with Gasteiger partial charge in [0.15, 0.2) is 0 Å². The van der Waals surface area contributed by atoms with E-state index in [1.807, 2.05) is 13.8 Å². The van der Waals surface area contributed by atoms with Crippen LogP contribution in [0.25, 0.3) is 0 Å². The van der Waals surface area contributed by atoms with Crippen LogP contribution in [0.15, 0.2) is 12.3 Å². The van der Waals surface area contributed by atoms with E-state index < -0.39 is 4.92 Å². The van der Waals surface area contributed by atoms with Crippen LogP contribution in [0.3, 0.4) is 0 Å². The van der Waals surface area contributed by atoms with E-state index in [-0.39, 0.29) is 17.5 Å². The van der Waals surface area contributed by atoms with Gasteiger partial charge < -0.3 is 5.32 Å². The van der Waals surface area contributed by atoms with Gasteiger partial charge >= 0.3 is 0 Å². The van der Waals surface area contributed by atoms with Crippen LogP contribution in [0, 0.1) is 23.0 Å². The molecule has 1 aromatic rings. The lowest BCUT2D eigenvalue weighted by Crippen LogP contribution is -2.22. The Balaban J connectivity index is 2.83. The average molecular weight is 251 g/mol. The van der Waals surface area contributed by atoms with Crippen LogP contribution >= 0.6 is 0 Å². The zero-order chi connectivity index (χ0) is 13.7. The first-order valence-electron chi connectivity index (χ1n) is 5.91. The highest BCUT2D eigenvalue weighted by Gasteiger charge is 2.16. The van der Waals surface area contributed by atoms with Gasteiger partial charge in [0.05, 0.1) is 4.92 Å². The molecule has 0 radical (unpaired) electrons. The standard InChI is InChI=1S/C12H17N3O3/c1-4-9(5-2)12(16)14-11-6-8(3)10(7-13-11)15(17)18/h6-7,9H,4-5H2,1-3H3,(H,13,14,16). The van der Waals surface area contributed by atoms with E-state index in [0.717, 1.165) is 19.0 Å². The molecule has 1 rings (SSSR count). The van der Waals surface area contributed by atoms with Crippen molar-refractivity contribution in [2.24, 2.45) is 5.92 Å². The summed E-state index contributed by atoms with van der Waals surface area (Å²) in [4.78, 5) is 25.8. The van der Waals surface area contributed by atoms with Gasteiger partial charge in [0.1, 0.15) is 12.0 Å². The van der Waals surface area contributed by atoms with Crippen LogP contribution in [-0.4, -0.2) is 15.8 Å². The summed E-state index contributed by atoms with van der Waals surface area (Å²) < 4.78 is 0. The summed E-state index contributed by atoms with van der Waals surface area (Å²) in [7, 11) is 0. The number of anilines is 1. The van der Waals surface area contributed by atoms with Crippen molar-refractivity contribution >= 4 is 17.4 Å². The maximum absolute atomic E-state index is 11.8. The Labute approximate surface area is 106 Å². The van der Waals surface area contributed by atoms with Gasteiger partial charge in [0.25, 0.3) is 5.69 Å². The fourth-order valence-corrected chi connectivity index (χ4v) is 1.70. The summed E-state index contributed by atoms with van der Waals surface area (Å²) in [5, 5.41) is 13.3. The van der Waals surface area contributed by atoms with Gasteiger partial charge in [-0.1, -0.05) is 13.8 Å². The summed E-state index contributed by atoms with van der Waals surface area (Å²) in [6.07, 6.45) is 2.68. The number of aryl methyl sites for hydroxylation is 1. The number of hydrogen-bond donors (Lipinski definition) is 1. The average Bonchev–Trinajstić information content (AvgIpc) is 2.30. The lowest BCUT2D eigenvalue weighted by Gasteiger charge is -2.12. The molecule has 6 nitrogen and oxygen atoms in total. The van der Waals surface area contributed by atoms with Gasteiger partial charge in [-0.25, -0.2) is 4.98 Å². The van der Waals surface area contributed by atoms with E-state index >= 15 is 0 Å². The monoisotopic (exact) mass is 251 g/mol. The first kappa shape index (κ1) is 14.1. The van der Waals surface area contributed by atoms with Gasteiger partial charge in [-0.05, 0) is 25.8 Å². The molecule has 0 aliphatic carbocycles. The number of pyridine rings is 1. The molecule has 0 aliphatic heterocycles. The van der Waals surface area contributed by atoms with Gasteiger partial charge in [-0.2, -0.15) is 0 Å². The van der Waals surface area contributed by atoms with Crippen LogP contribution in [-0.2, 0) is 4.79 Å². The molecule has 0 atom stereocenters. The molecular weight excluding hydrogens is 234 g/mol. The highest BCUT2D eigenvalue weighted by atomic mass is 16.6. The zero-order valence-corrected chi connectivity index (χ0v) is 10.8. The summed E-state index contributed by atoms with van der Waals surface area (Å²) >= 11 is 0. The summed E-state index contributed by atoms with van der Waals surface area (Å²) in [6, 6.07) is 1.51. The number of nitrogens with zero attached hydrogens (tertiary/aromatic N) is 2. The first-order valence-corrected chi connectivity index (χ1v) is 5.91. The Bertz CT molecular complexity index is 456. The number of carbonyl (C=O) groups excluding carboxylic acids is 1. The topological polar surface area (TPSA) is 85.1 Å². The van der Waals surface area contributed by atoms with Gasteiger partial charge in [0.2, 0.25) is 5.91 Å². The highest BCUT2D eigenvalue weighted by molar-refractivity contribution is 5.91. The van der Waals surface area contributed by atoms with E-state index in [9.17, 15) is 14.9 Å². The molecule has 1 amide bonds. The smallest absolute Gasteiger partial charge is 0.290 e. The second kappa shape index (κ2) is 6.09. The fraction of sp³-hybridized carbons (Fsp3) is 0.500. The second-order valence-electron chi connectivity index (χ2n) is 4.12. The predicted molar refractivity (Wildman–Crippen MR) is 68.3 cm³/mol. The quantitative estimate of drug-likeness (QED) is 0.644. The molecule has 6 heteroatoms. The molecule has 0 fully saturated rings. The van der Waals surface area contributed by atoms with Crippen molar-refractivity contribution in [3.63, 3.8) is 0 Å². The van der Waals surface area contributed by atoms with E-state index in [1.54, 1.807) is 6.92 Å². The van der Waals surface area contributed by atoms with Crippen LogP contribution in [0.1, 0.15) is 32.3 Å². The number of nitrogens with one attached hydrogen (secondary N) is 1. The van der Waals surface area contributed by atoms with Crippen LogP contribution < -0.4 is 5.32 Å². The summed E-state index contributed by atoms with van der Waals surface area (Å²) in [5.74, 6) is 0.207. The van der Waals surface area contributed by atoms with Crippen molar-refractivity contribution in [3.8, 4) is 0 Å². The van der Waals surface area contributed by atoms with Crippen molar-refractivity contribution < 1.29 is 9.72 Å². The van der Waals surface area contributed by atoms with Crippen molar-refractivity contribution in [2.45, 2.75) is 33.6 Å². The molecule has 0 saturated carbocycles. The first-order chi connectivity index (χ1) is 8.49. The largest absolute Gasteiger partial charge is 0.310 e. The Morgan fingerprint density at radius 1 is 1.50 bits per heavy atom. The lowest BCUT2D eigenvalue weighted by atomic mass is 10.0. The normalized spacial score (nSPS) is 10.4. The molecule has 0 bridgehead atoms. The third-order valence-corrected chi connectivity index (χ3v) is 2.89. The van der Waals surface area contributed by atoms with Gasteiger partial charge in [0, 0.05) is 11.5 Å². The fourth-order valence-electron chi connectivity index (χ4n) is 1.70. The van der Waals surface area contributed by atoms with Crippen molar-refractivity contribution in [3.05, 3.63) is 27.9 Å².